The number of hydrogen-bond donors (Lipinski definition) is 2. The molecule has 0 radical (unpaired) electrons. The molecule has 4 heterocycles. The zero-order chi connectivity index (χ0) is 21.8. The van der Waals surface area contributed by atoms with Gasteiger partial charge in [-0.05, 0) is 57.2 Å². The molecule has 5 rings (SSSR count). The average Bonchev–Trinajstić information content (AvgIpc) is 2.74. The molecule has 3 aliphatic rings. The highest BCUT2D eigenvalue weighted by Crippen LogP contribution is 2.25. The summed E-state index contributed by atoms with van der Waals surface area (Å²) in [6.07, 6.45) is 6.09. The van der Waals surface area contributed by atoms with Crippen molar-refractivity contribution in [1.82, 2.24) is 20.2 Å². The molecule has 0 amide bonds. The molecule has 2 aromatic rings. The number of anilines is 1. The molecular weight excluding hydrogens is 396 g/mol. The molecule has 3 aliphatic heterocycles. The highest BCUT2D eigenvalue weighted by Gasteiger charge is 2.18. The standard InChI is InChI=1S/C24H31F2N5/c1-16-18(6-5-7-20(16)23(25)26)14-28-24-21-15-27-19-9-12-31(13-10-19)11-4-3-8-22(21)29-17(2)30-24/h5-8,15,19,23,27H,3-4,9-14H2,1-2H3,(H,28,29,30)/b21-15-,22-8+. The molecule has 0 saturated carbocycles. The van der Waals surface area contributed by atoms with Crippen LogP contribution in [0.1, 0.15) is 54.6 Å². The monoisotopic (exact) mass is 427 g/mol. The fourth-order valence-electron chi connectivity index (χ4n) is 4.42. The van der Waals surface area contributed by atoms with Crippen LogP contribution in [0.2, 0.25) is 0 Å². The summed E-state index contributed by atoms with van der Waals surface area (Å²) < 4.78 is 26.6. The molecule has 2 bridgehead atoms. The number of nitrogens with zero attached hydrogens (tertiary/aromatic N) is 3. The van der Waals surface area contributed by atoms with Crippen LogP contribution < -0.4 is 21.2 Å². The van der Waals surface area contributed by atoms with Crippen LogP contribution in [0.3, 0.4) is 0 Å². The van der Waals surface area contributed by atoms with Crippen molar-refractivity contribution in [1.29, 1.82) is 0 Å². The van der Waals surface area contributed by atoms with Crippen molar-refractivity contribution >= 4 is 18.1 Å². The summed E-state index contributed by atoms with van der Waals surface area (Å²) in [5.41, 5.74) is 1.56. The molecule has 0 atom stereocenters. The minimum absolute atomic E-state index is 0.0847. The van der Waals surface area contributed by atoms with Gasteiger partial charge in [-0.15, -0.1) is 0 Å². The van der Waals surface area contributed by atoms with E-state index in [0.29, 0.717) is 24.0 Å². The van der Waals surface area contributed by atoms with Gasteiger partial charge in [0.05, 0.1) is 10.6 Å². The lowest BCUT2D eigenvalue weighted by Gasteiger charge is -2.32. The predicted octanol–water partition coefficient (Wildman–Crippen LogP) is 3.01. The molecule has 0 aliphatic carbocycles. The van der Waals surface area contributed by atoms with Crippen molar-refractivity contribution in [3.63, 3.8) is 0 Å². The maximum Gasteiger partial charge on any atom is 0.264 e. The Morgan fingerprint density at radius 1 is 1.16 bits per heavy atom. The number of alkyl halides is 2. The Morgan fingerprint density at radius 2 is 1.97 bits per heavy atom. The van der Waals surface area contributed by atoms with Gasteiger partial charge in [0.15, 0.2) is 0 Å². The molecule has 2 N–H and O–H groups in total. The van der Waals surface area contributed by atoms with Gasteiger partial charge in [0.1, 0.15) is 11.6 Å². The van der Waals surface area contributed by atoms with E-state index in [9.17, 15) is 8.78 Å². The third kappa shape index (κ3) is 5.21. The number of fused-ring (bicyclic) bond motifs is 6. The second-order valence-corrected chi connectivity index (χ2v) is 8.48. The van der Waals surface area contributed by atoms with Crippen molar-refractivity contribution in [3.8, 4) is 0 Å². The van der Waals surface area contributed by atoms with Gasteiger partial charge in [-0.2, -0.15) is 0 Å². The first kappa shape index (κ1) is 21.7. The van der Waals surface area contributed by atoms with E-state index >= 15 is 0 Å². The first-order chi connectivity index (χ1) is 15.0. The Kier molecular flexibility index (Phi) is 6.80. The topological polar surface area (TPSA) is 53.1 Å². The SMILES string of the molecule is Cc1nc(NCc2cccc(C(F)F)c2C)c2/c(n1)=C\CCCN1CCC(CC1)N/C=2. The van der Waals surface area contributed by atoms with Gasteiger partial charge < -0.3 is 15.5 Å². The molecule has 0 spiro atoms. The Balaban J connectivity index is 1.67. The van der Waals surface area contributed by atoms with Crippen molar-refractivity contribution in [3.05, 3.63) is 51.3 Å². The molecule has 166 valence electrons. The van der Waals surface area contributed by atoms with Crippen LogP contribution in [0, 0.1) is 13.8 Å². The van der Waals surface area contributed by atoms with Crippen molar-refractivity contribution in [2.45, 2.75) is 58.5 Å². The van der Waals surface area contributed by atoms with E-state index in [1.54, 1.807) is 13.0 Å². The number of aromatic nitrogens is 2. The summed E-state index contributed by atoms with van der Waals surface area (Å²) in [5, 5.41) is 8.84. The van der Waals surface area contributed by atoms with Crippen LogP contribution in [-0.2, 0) is 6.54 Å². The van der Waals surface area contributed by atoms with E-state index in [-0.39, 0.29) is 5.56 Å². The summed E-state index contributed by atoms with van der Waals surface area (Å²) in [6.45, 7) is 7.46. The first-order valence-electron chi connectivity index (χ1n) is 11.1. The van der Waals surface area contributed by atoms with E-state index in [1.807, 2.05) is 19.2 Å². The summed E-state index contributed by atoms with van der Waals surface area (Å²) in [7, 11) is 0. The van der Waals surface area contributed by atoms with Gasteiger partial charge in [0, 0.05) is 37.4 Å². The molecular formula is C24H31F2N5. The first-order valence-corrected chi connectivity index (χ1v) is 11.1. The number of benzene rings is 1. The van der Waals surface area contributed by atoms with Crippen LogP contribution in [0.25, 0.3) is 12.3 Å². The summed E-state index contributed by atoms with van der Waals surface area (Å²) >= 11 is 0. The van der Waals surface area contributed by atoms with Gasteiger partial charge in [0.2, 0.25) is 0 Å². The zero-order valence-corrected chi connectivity index (χ0v) is 18.3. The minimum atomic E-state index is -2.47. The highest BCUT2D eigenvalue weighted by atomic mass is 19.3. The maximum absolute atomic E-state index is 13.3. The Hall–Kier alpha value is -2.54. The molecule has 7 heteroatoms. The Bertz CT molecular complexity index is 1030. The fraction of sp³-hybridized carbons (Fsp3) is 0.500. The number of rotatable bonds is 4. The Morgan fingerprint density at radius 3 is 2.74 bits per heavy atom. The predicted molar refractivity (Wildman–Crippen MR) is 120 cm³/mol. The lowest BCUT2D eigenvalue weighted by atomic mass is 10.0. The third-order valence-electron chi connectivity index (χ3n) is 6.32. The molecule has 1 aromatic carbocycles. The van der Waals surface area contributed by atoms with Crippen LogP contribution in [0.15, 0.2) is 18.2 Å². The van der Waals surface area contributed by atoms with Gasteiger partial charge in [0.25, 0.3) is 6.43 Å². The van der Waals surface area contributed by atoms with E-state index in [4.69, 9.17) is 0 Å². The zero-order valence-electron chi connectivity index (χ0n) is 18.3. The van der Waals surface area contributed by atoms with Gasteiger partial charge in [-0.25, -0.2) is 18.7 Å². The number of halogens is 2. The van der Waals surface area contributed by atoms with Gasteiger partial charge in [-0.3, -0.25) is 0 Å². The summed E-state index contributed by atoms with van der Waals surface area (Å²) in [6, 6.07) is 5.51. The minimum Gasteiger partial charge on any atom is -0.387 e. The molecule has 1 saturated heterocycles. The van der Waals surface area contributed by atoms with Crippen LogP contribution in [0.5, 0.6) is 0 Å². The molecule has 1 fully saturated rings. The number of piperidine rings is 1. The largest absolute Gasteiger partial charge is 0.387 e. The average molecular weight is 428 g/mol. The van der Waals surface area contributed by atoms with Crippen molar-refractivity contribution in [2.24, 2.45) is 0 Å². The fourth-order valence-corrected chi connectivity index (χ4v) is 4.42. The van der Waals surface area contributed by atoms with E-state index in [1.165, 1.54) is 6.07 Å². The number of nitrogens with one attached hydrogen (secondary N) is 2. The molecule has 5 nitrogen and oxygen atoms in total. The van der Waals surface area contributed by atoms with Crippen LogP contribution >= 0.6 is 0 Å². The van der Waals surface area contributed by atoms with Gasteiger partial charge >= 0.3 is 0 Å². The van der Waals surface area contributed by atoms with Crippen molar-refractivity contribution in [2.75, 3.05) is 25.0 Å². The lowest BCUT2D eigenvalue weighted by molar-refractivity contribution is 0.150. The Labute approximate surface area is 182 Å². The maximum atomic E-state index is 13.3. The lowest BCUT2D eigenvalue weighted by Crippen LogP contribution is -2.43. The highest BCUT2D eigenvalue weighted by molar-refractivity contribution is 5.46. The quantitative estimate of drug-likeness (QED) is 0.786. The molecule has 31 heavy (non-hydrogen) atoms. The van der Waals surface area contributed by atoms with Crippen LogP contribution in [0.4, 0.5) is 14.6 Å². The van der Waals surface area contributed by atoms with Crippen LogP contribution in [-0.4, -0.2) is 40.5 Å². The third-order valence-corrected chi connectivity index (χ3v) is 6.32. The second kappa shape index (κ2) is 9.73. The normalized spacial score (nSPS) is 23.4. The summed E-state index contributed by atoms with van der Waals surface area (Å²) in [5.74, 6) is 1.43. The number of hydrogen-bond acceptors (Lipinski definition) is 5. The smallest absolute Gasteiger partial charge is 0.264 e. The van der Waals surface area contributed by atoms with Gasteiger partial charge in [-0.1, -0.05) is 24.3 Å². The number of aryl methyl sites for hydroxylation is 1. The second-order valence-electron chi connectivity index (χ2n) is 8.48. The molecule has 0 unspecified atom stereocenters. The van der Waals surface area contributed by atoms with E-state index < -0.39 is 6.43 Å². The van der Waals surface area contributed by atoms with E-state index in [0.717, 1.165) is 67.3 Å². The molecule has 1 aromatic heterocycles. The summed E-state index contributed by atoms with van der Waals surface area (Å²) in [4.78, 5) is 11.9. The van der Waals surface area contributed by atoms with E-state index in [2.05, 4.69) is 31.6 Å². The van der Waals surface area contributed by atoms with Crippen molar-refractivity contribution < 1.29 is 8.78 Å².